The molecule has 0 aliphatic carbocycles. The van der Waals surface area contributed by atoms with E-state index in [9.17, 15) is 0 Å². The van der Waals surface area contributed by atoms with E-state index in [0.29, 0.717) is 101 Å². The Bertz CT molecular complexity index is 4830. The number of fused-ring (bicyclic) bond motifs is 20. The predicted molar refractivity (Wildman–Crippen MR) is 400 cm³/mol. The van der Waals surface area contributed by atoms with E-state index in [1.807, 2.05) is 121 Å². The Kier molecular flexibility index (Phi) is 21.2. The highest BCUT2D eigenvalue weighted by Gasteiger charge is 2.25. The number of hydrogen-bond donors (Lipinski definition) is 2. The molecule has 0 saturated carbocycles. The number of nitrogens with zero attached hydrogens (tertiary/aromatic N) is 10. The van der Waals surface area contributed by atoms with Crippen molar-refractivity contribution in [3.63, 3.8) is 0 Å². The summed E-state index contributed by atoms with van der Waals surface area (Å²) in [4.78, 5) is 48.4. The summed E-state index contributed by atoms with van der Waals surface area (Å²) in [6, 6.07) is 56.1. The minimum atomic E-state index is 0.281. The van der Waals surface area contributed by atoms with E-state index in [1.165, 1.54) is 0 Å². The quantitative estimate of drug-likeness (QED) is 0.0377. The van der Waals surface area contributed by atoms with Crippen LogP contribution in [-0.2, 0) is 0 Å². The van der Waals surface area contributed by atoms with Gasteiger partial charge in [0, 0.05) is 143 Å². The molecule has 514 valence electrons. The van der Waals surface area contributed by atoms with Gasteiger partial charge in [-0.05, 0) is 177 Å². The molecule has 20 heteroatoms. The molecule has 20 nitrogen and oxygen atoms in total. The fourth-order valence-corrected chi connectivity index (χ4v) is 12.8. The number of H-pyrrole nitrogens is 2. The van der Waals surface area contributed by atoms with Crippen LogP contribution in [0.4, 0.5) is 22.7 Å². The van der Waals surface area contributed by atoms with Crippen LogP contribution in [0.15, 0.2) is 170 Å². The highest BCUT2D eigenvalue weighted by molar-refractivity contribution is 6.07. The first-order valence-electron chi connectivity index (χ1n) is 34.9. The van der Waals surface area contributed by atoms with Crippen LogP contribution < -0.4 is 57.5 Å². The van der Waals surface area contributed by atoms with Crippen molar-refractivity contribution in [1.29, 1.82) is 0 Å². The van der Waals surface area contributed by atoms with Gasteiger partial charge in [0.25, 0.3) is 0 Å². The minimum Gasteiger partial charge on any atom is -0.490 e. The topological polar surface area (TPSA) is 196 Å². The number of nitrogens with one attached hydrogen (secondary N) is 2. The maximum Gasteiger partial charge on any atom is 0.164 e. The van der Waals surface area contributed by atoms with E-state index in [0.717, 1.165) is 136 Å². The summed E-state index contributed by atoms with van der Waals surface area (Å²) in [6.45, 7) is 26.8. The molecule has 0 amide bonds. The minimum absolute atomic E-state index is 0.281. The first kappa shape index (κ1) is 67.3. The maximum absolute atomic E-state index is 6.47. The molecule has 0 atom stereocenters. The van der Waals surface area contributed by atoms with Gasteiger partial charge in [-0.15, -0.1) is 0 Å². The zero-order chi connectivity index (χ0) is 68.9. The summed E-state index contributed by atoms with van der Waals surface area (Å²) in [7, 11) is 0. The Labute approximate surface area is 583 Å². The van der Waals surface area contributed by atoms with Crippen LogP contribution in [0.25, 0.3) is 89.7 Å². The molecule has 0 fully saturated rings. The average Bonchev–Trinajstić information content (AvgIpc) is 1.60. The van der Waals surface area contributed by atoms with Gasteiger partial charge in [0.05, 0.1) is 0 Å². The molecule has 2 aliphatic heterocycles. The first-order chi connectivity index (χ1) is 49.1. The van der Waals surface area contributed by atoms with Crippen LogP contribution >= 0.6 is 0 Å². The molecule has 11 aromatic rings. The smallest absolute Gasteiger partial charge is 0.164 e. The van der Waals surface area contributed by atoms with Crippen molar-refractivity contribution in [3.05, 3.63) is 170 Å². The lowest BCUT2D eigenvalue weighted by Gasteiger charge is -2.21. The number of rotatable bonds is 32. The molecule has 0 radical (unpaired) electrons. The molecule has 8 bridgehead atoms. The molecule has 13 rings (SSSR count). The lowest BCUT2D eigenvalue weighted by atomic mass is 10.1. The van der Waals surface area contributed by atoms with Crippen molar-refractivity contribution in [2.75, 3.05) is 125 Å². The number of ether oxygens (including phenoxy) is 8. The first-order valence-corrected chi connectivity index (χ1v) is 34.9. The summed E-state index contributed by atoms with van der Waals surface area (Å²) in [5.74, 6) is 7.21. The van der Waals surface area contributed by atoms with Crippen LogP contribution in [0, 0.1) is 0 Å². The van der Waals surface area contributed by atoms with Crippen LogP contribution in [-0.4, -0.2) is 145 Å². The van der Waals surface area contributed by atoms with E-state index in [2.05, 4.69) is 133 Å². The maximum atomic E-state index is 6.47. The summed E-state index contributed by atoms with van der Waals surface area (Å²) in [6.07, 6.45) is 0. The van der Waals surface area contributed by atoms with E-state index >= 15 is 0 Å². The second-order valence-corrected chi connectivity index (χ2v) is 23.9. The Morgan fingerprint density at radius 3 is 0.760 bits per heavy atom. The van der Waals surface area contributed by atoms with Gasteiger partial charge in [-0.2, -0.15) is 0 Å². The number of benzene rings is 8. The van der Waals surface area contributed by atoms with Crippen LogP contribution in [0.5, 0.6) is 46.0 Å². The SMILES string of the molecule is CCN(CC)c1cccc(OCCOc2ccc3c(c2)-c2nc-3nc3[nH]c(nc4nc(nc5[nH]c(n2)c2ccc(OCCOc6cccc(N(CC)CC)c6)cc52)-c2cc(OCCOc5cccc(N(CC)CC)c5)ccc2-4)c2cc(OCCOc4cccc(N(CC)CC)c4)ccc32)c1. The lowest BCUT2D eigenvalue weighted by Crippen LogP contribution is -2.21. The van der Waals surface area contributed by atoms with Crippen LogP contribution in [0.3, 0.4) is 0 Å². The zero-order valence-corrected chi connectivity index (χ0v) is 58.2. The number of hydrogen-bond acceptors (Lipinski definition) is 18. The summed E-state index contributed by atoms with van der Waals surface area (Å²) in [5, 5.41) is 3.03. The van der Waals surface area contributed by atoms with Crippen molar-refractivity contribution >= 4 is 66.9 Å². The zero-order valence-electron chi connectivity index (χ0n) is 58.2. The molecule has 2 aliphatic rings. The summed E-state index contributed by atoms with van der Waals surface area (Å²) in [5.41, 5.74) is 9.36. The van der Waals surface area contributed by atoms with Gasteiger partial charge in [-0.25, -0.2) is 29.9 Å². The third kappa shape index (κ3) is 15.2. The largest absolute Gasteiger partial charge is 0.490 e. The van der Waals surface area contributed by atoms with E-state index < -0.39 is 0 Å². The summed E-state index contributed by atoms with van der Waals surface area (Å²) >= 11 is 0. The fourth-order valence-electron chi connectivity index (χ4n) is 12.8. The molecule has 5 heterocycles. The molecule has 0 unspecified atom stereocenters. The van der Waals surface area contributed by atoms with E-state index in [-0.39, 0.29) is 26.4 Å². The predicted octanol–water partition coefficient (Wildman–Crippen LogP) is 16.1. The van der Waals surface area contributed by atoms with Gasteiger partial charge >= 0.3 is 0 Å². The third-order valence-electron chi connectivity index (χ3n) is 18.0. The Morgan fingerprint density at radius 1 is 0.240 bits per heavy atom. The highest BCUT2D eigenvalue weighted by atomic mass is 16.5. The second-order valence-electron chi connectivity index (χ2n) is 23.9. The normalized spacial score (nSPS) is 11.4. The summed E-state index contributed by atoms with van der Waals surface area (Å²) < 4.78 is 50.8. The van der Waals surface area contributed by atoms with Crippen molar-refractivity contribution in [1.82, 2.24) is 39.9 Å². The van der Waals surface area contributed by atoms with Gasteiger partial charge < -0.3 is 67.5 Å². The molecule has 8 aromatic carbocycles. The van der Waals surface area contributed by atoms with E-state index in [1.54, 1.807) is 0 Å². The van der Waals surface area contributed by atoms with Crippen molar-refractivity contribution in [2.24, 2.45) is 0 Å². The number of aromatic nitrogens is 8. The number of anilines is 4. The van der Waals surface area contributed by atoms with Crippen molar-refractivity contribution < 1.29 is 37.9 Å². The Hall–Kier alpha value is -11.3. The Morgan fingerprint density at radius 2 is 0.480 bits per heavy atom. The highest BCUT2D eigenvalue weighted by Crippen LogP contribution is 2.41. The molecule has 100 heavy (non-hydrogen) atoms. The fraction of sp³-hybridized carbons (Fsp3) is 0.300. The van der Waals surface area contributed by atoms with Gasteiger partial charge in [-0.1, -0.05) is 24.3 Å². The Balaban J connectivity index is 0.889. The average molecular weight is 1340 g/mol. The van der Waals surface area contributed by atoms with Crippen molar-refractivity contribution in [2.45, 2.75) is 55.4 Å². The molecule has 2 N–H and O–H groups in total. The monoisotopic (exact) mass is 1340 g/mol. The van der Waals surface area contributed by atoms with Crippen LogP contribution in [0.2, 0.25) is 0 Å². The van der Waals surface area contributed by atoms with Crippen molar-refractivity contribution in [3.8, 4) is 91.5 Å². The molecular weight excluding hydrogens is 1260 g/mol. The molecule has 3 aromatic heterocycles. The standard InChI is InChI=1S/C80H86N12O8/c1-9-89(10-2)53-21-17-25-57(45-53)93-37-41-97-61-29-33-65-69(49-61)77-82-73(65)81-74-66-34-30-62(98-42-38-94-58-26-18-22-54(46-58)90(11-3)12-4)50-70(66)78(83-74)85-76-68-36-32-64(100-44-40-96-60-28-20-24-56(48-60)92(15-7)16-8)52-72(68)80(87-76)88-79-71-51-63(31-35-67(71)75(84-77)86-79)99-43-39-95-59-27-19-23-55(47-59)91(13-5)14-6/h17-36,45-52H,9-16,37-44H2,1-8H3,(H2,81,82,83,84,85,86,87,88). The molecular formula is C80H86N12O8. The number of aromatic amines is 2. The molecule has 0 saturated heterocycles. The van der Waals surface area contributed by atoms with E-state index in [4.69, 9.17) is 67.8 Å². The van der Waals surface area contributed by atoms with Gasteiger partial charge in [-0.3, -0.25) is 0 Å². The van der Waals surface area contributed by atoms with Gasteiger partial charge in [0.2, 0.25) is 0 Å². The van der Waals surface area contributed by atoms with Gasteiger partial charge in [0.1, 0.15) is 121 Å². The third-order valence-corrected chi connectivity index (χ3v) is 18.0. The lowest BCUT2D eigenvalue weighted by molar-refractivity contribution is 0.217. The van der Waals surface area contributed by atoms with Crippen LogP contribution in [0.1, 0.15) is 55.4 Å². The second kappa shape index (κ2) is 31.5. The van der Waals surface area contributed by atoms with Gasteiger partial charge in [0.15, 0.2) is 23.3 Å². The molecule has 0 spiro atoms.